The molecule has 0 bridgehead atoms. The summed E-state index contributed by atoms with van der Waals surface area (Å²) in [7, 11) is -3.40. The van der Waals surface area contributed by atoms with E-state index in [0.717, 1.165) is 3.57 Å². The summed E-state index contributed by atoms with van der Waals surface area (Å²) in [5, 5.41) is 0. The first-order valence-corrected chi connectivity index (χ1v) is 6.87. The fourth-order valence-corrected chi connectivity index (χ4v) is 2.28. The van der Waals surface area contributed by atoms with Crippen LogP contribution in [0.4, 0.5) is 0 Å². The van der Waals surface area contributed by atoms with Crippen LogP contribution in [0.15, 0.2) is 24.3 Å². The van der Waals surface area contributed by atoms with E-state index in [4.69, 9.17) is 4.18 Å². The molecular weight excluding hydrogens is 315 g/mol. The highest BCUT2D eigenvalue weighted by Gasteiger charge is 2.10. The lowest BCUT2D eigenvalue weighted by atomic mass is 10.3. The molecule has 1 aromatic rings. The minimum atomic E-state index is -3.40. The molecule has 1 aromatic carbocycles. The second-order valence-electron chi connectivity index (χ2n) is 2.80. The van der Waals surface area contributed by atoms with Crippen LogP contribution in [0.3, 0.4) is 0 Å². The van der Waals surface area contributed by atoms with Crippen molar-refractivity contribution in [2.75, 3.05) is 5.75 Å². The van der Waals surface area contributed by atoms with Gasteiger partial charge in [-0.1, -0.05) is 6.92 Å². The predicted molar refractivity (Wildman–Crippen MR) is 63.9 cm³/mol. The second kappa shape index (κ2) is 4.97. The summed E-state index contributed by atoms with van der Waals surface area (Å²) in [5.74, 6) is 0.429. The Morgan fingerprint density at radius 2 is 1.86 bits per heavy atom. The van der Waals surface area contributed by atoms with Gasteiger partial charge in [-0.05, 0) is 53.3 Å². The third-order valence-corrected chi connectivity index (χ3v) is 3.56. The Morgan fingerprint density at radius 3 is 2.36 bits per heavy atom. The molecule has 0 fully saturated rings. The molecule has 0 atom stereocenters. The topological polar surface area (TPSA) is 43.4 Å². The predicted octanol–water partition coefficient (Wildman–Crippen LogP) is 2.41. The molecule has 0 saturated heterocycles. The molecule has 0 aliphatic carbocycles. The lowest BCUT2D eigenvalue weighted by Gasteiger charge is -2.05. The van der Waals surface area contributed by atoms with Crippen LogP contribution >= 0.6 is 22.6 Å². The third kappa shape index (κ3) is 3.83. The molecule has 0 aliphatic heterocycles. The van der Waals surface area contributed by atoms with E-state index in [2.05, 4.69) is 22.6 Å². The van der Waals surface area contributed by atoms with Crippen LogP contribution < -0.4 is 4.18 Å². The van der Waals surface area contributed by atoms with Crippen molar-refractivity contribution in [1.82, 2.24) is 0 Å². The smallest absolute Gasteiger partial charge is 0.309 e. The number of benzene rings is 1. The second-order valence-corrected chi connectivity index (χ2v) is 5.73. The summed E-state index contributed by atoms with van der Waals surface area (Å²) in [5.41, 5.74) is 0. The zero-order chi connectivity index (χ0) is 10.6. The van der Waals surface area contributed by atoms with Gasteiger partial charge in [0.2, 0.25) is 0 Å². The van der Waals surface area contributed by atoms with Crippen LogP contribution in [0, 0.1) is 3.57 Å². The van der Waals surface area contributed by atoms with Crippen LogP contribution in [0.5, 0.6) is 5.75 Å². The third-order valence-electron chi connectivity index (χ3n) is 1.49. The van der Waals surface area contributed by atoms with Gasteiger partial charge in [-0.3, -0.25) is 0 Å². The van der Waals surface area contributed by atoms with Gasteiger partial charge in [0.25, 0.3) is 0 Å². The fourth-order valence-electron chi connectivity index (χ4n) is 0.928. The molecule has 3 nitrogen and oxygen atoms in total. The van der Waals surface area contributed by atoms with Crippen molar-refractivity contribution in [3.8, 4) is 5.75 Å². The first-order valence-electron chi connectivity index (χ1n) is 4.21. The first kappa shape index (κ1) is 11.8. The maximum atomic E-state index is 11.3. The van der Waals surface area contributed by atoms with E-state index in [1.807, 2.05) is 0 Å². The fraction of sp³-hybridized carbons (Fsp3) is 0.333. The van der Waals surface area contributed by atoms with Gasteiger partial charge >= 0.3 is 10.1 Å². The summed E-state index contributed by atoms with van der Waals surface area (Å²) >= 11 is 2.15. The number of hydrogen-bond acceptors (Lipinski definition) is 3. The van der Waals surface area contributed by atoms with Gasteiger partial charge in [-0.25, -0.2) is 0 Å². The molecule has 0 amide bonds. The summed E-state index contributed by atoms with van der Waals surface area (Å²) in [6, 6.07) is 6.90. The lowest BCUT2D eigenvalue weighted by molar-refractivity contribution is 0.485. The zero-order valence-electron chi connectivity index (χ0n) is 7.73. The normalized spacial score (nSPS) is 11.3. The molecule has 0 saturated carbocycles. The molecule has 5 heteroatoms. The van der Waals surface area contributed by atoms with Gasteiger partial charge in [0.1, 0.15) is 5.75 Å². The Balaban J connectivity index is 2.74. The van der Waals surface area contributed by atoms with Crippen molar-refractivity contribution in [2.24, 2.45) is 0 Å². The van der Waals surface area contributed by atoms with E-state index in [9.17, 15) is 8.42 Å². The minimum Gasteiger partial charge on any atom is -0.382 e. The highest BCUT2D eigenvalue weighted by molar-refractivity contribution is 14.1. The molecule has 14 heavy (non-hydrogen) atoms. The zero-order valence-corrected chi connectivity index (χ0v) is 10.7. The van der Waals surface area contributed by atoms with Crippen molar-refractivity contribution >= 4 is 32.7 Å². The van der Waals surface area contributed by atoms with Crippen molar-refractivity contribution in [1.29, 1.82) is 0 Å². The molecular formula is C9H11IO3S. The van der Waals surface area contributed by atoms with Crippen LogP contribution in [0.25, 0.3) is 0 Å². The molecule has 0 aromatic heterocycles. The highest BCUT2D eigenvalue weighted by Crippen LogP contribution is 2.15. The van der Waals surface area contributed by atoms with Gasteiger partial charge in [0.05, 0.1) is 5.75 Å². The number of halogens is 1. The largest absolute Gasteiger partial charge is 0.382 e. The van der Waals surface area contributed by atoms with E-state index >= 15 is 0 Å². The van der Waals surface area contributed by atoms with Gasteiger partial charge < -0.3 is 4.18 Å². The Labute approximate surface area is 97.7 Å². The summed E-state index contributed by atoms with van der Waals surface area (Å²) < 4.78 is 28.4. The Kier molecular flexibility index (Phi) is 4.18. The molecule has 1 rings (SSSR count). The van der Waals surface area contributed by atoms with Crippen molar-refractivity contribution in [2.45, 2.75) is 13.3 Å². The molecule has 0 unspecified atom stereocenters. The SMILES string of the molecule is CCCS(=O)(=O)Oc1ccc(I)cc1. The van der Waals surface area contributed by atoms with Gasteiger partial charge in [0.15, 0.2) is 0 Å². The van der Waals surface area contributed by atoms with Gasteiger partial charge in [0, 0.05) is 3.57 Å². The summed E-state index contributed by atoms with van der Waals surface area (Å²) in [4.78, 5) is 0. The van der Waals surface area contributed by atoms with Crippen molar-refractivity contribution < 1.29 is 12.6 Å². The molecule has 0 heterocycles. The maximum absolute atomic E-state index is 11.3. The Hall–Kier alpha value is -0.300. The van der Waals surface area contributed by atoms with E-state index in [0.29, 0.717) is 12.2 Å². The van der Waals surface area contributed by atoms with Gasteiger partial charge in [-0.2, -0.15) is 8.42 Å². The van der Waals surface area contributed by atoms with Crippen molar-refractivity contribution in [3.05, 3.63) is 27.8 Å². The minimum absolute atomic E-state index is 0.0546. The van der Waals surface area contributed by atoms with Crippen LogP contribution in [-0.2, 0) is 10.1 Å². The van der Waals surface area contributed by atoms with E-state index < -0.39 is 10.1 Å². The molecule has 0 N–H and O–H groups in total. The van der Waals surface area contributed by atoms with E-state index in [-0.39, 0.29) is 5.75 Å². The standard InChI is InChI=1S/C9H11IO3S/c1-2-7-14(11,12)13-9-5-3-8(10)4-6-9/h3-6H,2,7H2,1H3. The Morgan fingerprint density at radius 1 is 1.29 bits per heavy atom. The van der Waals surface area contributed by atoms with Crippen LogP contribution in [0.1, 0.15) is 13.3 Å². The Bertz CT molecular complexity index is 383. The van der Waals surface area contributed by atoms with E-state index in [1.165, 1.54) is 0 Å². The highest BCUT2D eigenvalue weighted by atomic mass is 127. The number of rotatable bonds is 4. The van der Waals surface area contributed by atoms with Gasteiger partial charge in [-0.15, -0.1) is 0 Å². The van der Waals surface area contributed by atoms with Crippen LogP contribution in [-0.4, -0.2) is 14.2 Å². The lowest BCUT2D eigenvalue weighted by Crippen LogP contribution is -2.12. The average molecular weight is 326 g/mol. The first-order chi connectivity index (χ1) is 6.53. The average Bonchev–Trinajstić information content (AvgIpc) is 2.08. The summed E-state index contributed by atoms with van der Waals surface area (Å²) in [6.07, 6.45) is 0.562. The van der Waals surface area contributed by atoms with Crippen LogP contribution in [0.2, 0.25) is 0 Å². The molecule has 78 valence electrons. The maximum Gasteiger partial charge on any atom is 0.309 e. The van der Waals surface area contributed by atoms with Crippen molar-refractivity contribution in [3.63, 3.8) is 0 Å². The monoisotopic (exact) mass is 326 g/mol. The molecule has 0 aliphatic rings. The van der Waals surface area contributed by atoms with E-state index in [1.54, 1.807) is 31.2 Å². The summed E-state index contributed by atoms with van der Waals surface area (Å²) in [6.45, 7) is 1.80. The molecule has 0 radical (unpaired) electrons. The molecule has 0 spiro atoms. The quantitative estimate of drug-likeness (QED) is 0.630. The number of hydrogen-bond donors (Lipinski definition) is 0.